The van der Waals surface area contributed by atoms with Crippen molar-refractivity contribution >= 4 is 32.6 Å². The van der Waals surface area contributed by atoms with Crippen molar-refractivity contribution in [3.63, 3.8) is 0 Å². The van der Waals surface area contributed by atoms with Crippen LogP contribution >= 0.6 is 11.3 Å². The molecule has 0 N–H and O–H groups in total. The molecule has 0 saturated carbocycles. The summed E-state index contributed by atoms with van der Waals surface area (Å²) in [5.41, 5.74) is 5.23. The summed E-state index contributed by atoms with van der Waals surface area (Å²) in [4.78, 5) is 22.4. The van der Waals surface area contributed by atoms with Crippen LogP contribution in [0.25, 0.3) is 10.2 Å². The first kappa shape index (κ1) is 20.5. The number of hydrogen-bond donors (Lipinski definition) is 0. The zero-order chi connectivity index (χ0) is 20.3. The fourth-order valence-corrected chi connectivity index (χ4v) is 4.56. The predicted octanol–water partition coefficient (Wildman–Crippen LogP) is 5.21. The third-order valence-electron chi connectivity index (χ3n) is 5.13. The summed E-state index contributed by atoms with van der Waals surface area (Å²) in [6.45, 7) is 13.9. The number of nitrogens with zero attached hydrogens (tertiary/aromatic N) is 3. The Hall–Kier alpha value is -2.24. The van der Waals surface area contributed by atoms with Gasteiger partial charge in [0.1, 0.15) is 0 Å². The Morgan fingerprint density at radius 2 is 1.64 bits per heavy atom. The first-order chi connectivity index (χ1) is 13.4. The molecule has 1 heterocycles. The number of aryl methyl sites for hydroxylation is 3. The minimum Gasteiger partial charge on any atom is -0.302 e. The van der Waals surface area contributed by atoms with Crippen molar-refractivity contribution in [1.29, 1.82) is 0 Å². The highest BCUT2D eigenvalue weighted by Gasteiger charge is 2.22. The maximum atomic E-state index is 13.3. The van der Waals surface area contributed by atoms with Gasteiger partial charge in [-0.15, -0.1) is 0 Å². The Bertz CT molecular complexity index is 958. The second kappa shape index (κ2) is 8.84. The number of thiazole rings is 1. The number of hydrogen-bond acceptors (Lipinski definition) is 4. The number of carbonyl (C=O) groups excluding carboxylic acids is 1. The number of likely N-dealkylation sites (N-methyl/N-ethyl adjacent to an activating group) is 1. The zero-order valence-corrected chi connectivity index (χ0v) is 18.3. The van der Waals surface area contributed by atoms with Crippen molar-refractivity contribution in [2.75, 3.05) is 31.1 Å². The van der Waals surface area contributed by atoms with E-state index in [2.05, 4.69) is 44.7 Å². The van der Waals surface area contributed by atoms with Gasteiger partial charge in [0, 0.05) is 18.7 Å². The number of aromatic nitrogens is 1. The van der Waals surface area contributed by atoms with Crippen LogP contribution in [0.3, 0.4) is 0 Å². The van der Waals surface area contributed by atoms with Crippen molar-refractivity contribution in [1.82, 2.24) is 9.88 Å². The maximum absolute atomic E-state index is 13.3. The second-order valence-corrected chi connectivity index (χ2v) is 8.28. The second-order valence-electron chi connectivity index (χ2n) is 7.27. The molecule has 28 heavy (non-hydrogen) atoms. The Kier molecular flexibility index (Phi) is 6.47. The monoisotopic (exact) mass is 395 g/mol. The van der Waals surface area contributed by atoms with Gasteiger partial charge in [-0.1, -0.05) is 48.9 Å². The van der Waals surface area contributed by atoms with E-state index in [1.807, 2.05) is 36.1 Å². The molecule has 1 aromatic heterocycles. The van der Waals surface area contributed by atoms with Crippen LogP contribution in [0.4, 0.5) is 5.13 Å². The largest absolute Gasteiger partial charge is 0.302 e. The number of benzene rings is 2. The van der Waals surface area contributed by atoms with Gasteiger partial charge in [0.25, 0.3) is 5.91 Å². The van der Waals surface area contributed by atoms with E-state index in [1.165, 1.54) is 5.56 Å². The molecule has 1 amide bonds. The lowest BCUT2D eigenvalue weighted by Crippen LogP contribution is -2.38. The predicted molar refractivity (Wildman–Crippen MR) is 120 cm³/mol. The van der Waals surface area contributed by atoms with E-state index in [9.17, 15) is 4.79 Å². The summed E-state index contributed by atoms with van der Waals surface area (Å²) in [7, 11) is 0. The highest BCUT2D eigenvalue weighted by molar-refractivity contribution is 7.22. The van der Waals surface area contributed by atoms with Gasteiger partial charge in [0.15, 0.2) is 5.13 Å². The molecule has 4 nitrogen and oxygen atoms in total. The Morgan fingerprint density at radius 1 is 0.964 bits per heavy atom. The Balaban J connectivity index is 1.98. The van der Waals surface area contributed by atoms with E-state index >= 15 is 0 Å². The zero-order valence-electron chi connectivity index (χ0n) is 17.5. The molecule has 0 radical (unpaired) electrons. The van der Waals surface area contributed by atoms with E-state index in [0.717, 1.165) is 46.1 Å². The van der Waals surface area contributed by atoms with Crippen LogP contribution in [-0.4, -0.2) is 42.0 Å². The van der Waals surface area contributed by atoms with Gasteiger partial charge >= 0.3 is 0 Å². The Labute approximate surface area is 171 Å². The average Bonchev–Trinajstić information content (AvgIpc) is 3.09. The number of carbonyl (C=O) groups is 1. The molecule has 0 aliphatic carbocycles. The highest BCUT2D eigenvalue weighted by atomic mass is 32.1. The SMILES string of the molecule is CCN(CC)CCN(C(=O)c1ccc(C)cc1)c1nc2c(C)cc(C)cc2s1. The Morgan fingerprint density at radius 3 is 2.29 bits per heavy atom. The minimum atomic E-state index is 0.0144. The first-order valence-corrected chi connectivity index (χ1v) is 10.7. The van der Waals surface area contributed by atoms with Crippen molar-refractivity contribution in [2.45, 2.75) is 34.6 Å². The van der Waals surface area contributed by atoms with Gasteiger partial charge < -0.3 is 4.90 Å². The molecule has 0 saturated heterocycles. The molecule has 0 atom stereocenters. The normalized spacial score (nSPS) is 11.4. The van der Waals surface area contributed by atoms with Gasteiger partial charge in [-0.05, 0) is 63.2 Å². The van der Waals surface area contributed by atoms with E-state index in [1.54, 1.807) is 11.3 Å². The number of fused-ring (bicyclic) bond motifs is 1. The molecule has 0 aliphatic rings. The molecule has 0 fully saturated rings. The number of amides is 1. The molecule has 0 aliphatic heterocycles. The molecule has 3 rings (SSSR count). The summed E-state index contributed by atoms with van der Waals surface area (Å²) in [5, 5.41) is 0.779. The third kappa shape index (κ3) is 4.42. The number of anilines is 1. The molecule has 2 aromatic carbocycles. The minimum absolute atomic E-state index is 0.0144. The first-order valence-electron chi connectivity index (χ1n) is 9.91. The summed E-state index contributed by atoms with van der Waals surface area (Å²) in [6.07, 6.45) is 0. The quantitative estimate of drug-likeness (QED) is 0.551. The van der Waals surface area contributed by atoms with Crippen LogP contribution in [0.1, 0.15) is 40.9 Å². The van der Waals surface area contributed by atoms with Crippen LogP contribution in [0, 0.1) is 20.8 Å². The van der Waals surface area contributed by atoms with E-state index in [4.69, 9.17) is 4.98 Å². The summed E-state index contributed by atoms with van der Waals surface area (Å²) in [5.74, 6) is 0.0144. The lowest BCUT2D eigenvalue weighted by molar-refractivity contribution is 0.0984. The summed E-state index contributed by atoms with van der Waals surface area (Å²) < 4.78 is 1.14. The highest BCUT2D eigenvalue weighted by Crippen LogP contribution is 2.32. The van der Waals surface area contributed by atoms with Crippen molar-refractivity contribution in [3.05, 3.63) is 58.7 Å². The molecule has 3 aromatic rings. The van der Waals surface area contributed by atoms with Gasteiger partial charge in [0.05, 0.1) is 10.2 Å². The van der Waals surface area contributed by atoms with E-state index in [0.29, 0.717) is 12.1 Å². The molecule has 148 valence electrons. The van der Waals surface area contributed by atoms with Gasteiger partial charge in [-0.3, -0.25) is 9.69 Å². The summed E-state index contributed by atoms with van der Waals surface area (Å²) >= 11 is 1.60. The average molecular weight is 396 g/mol. The molecule has 0 bridgehead atoms. The van der Waals surface area contributed by atoms with Crippen LogP contribution in [-0.2, 0) is 0 Å². The molecular weight excluding hydrogens is 366 g/mol. The number of rotatable bonds is 7. The smallest absolute Gasteiger partial charge is 0.260 e. The van der Waals surface area contributed by atoms with Crippen molar-refractivity contribution in [2.24, 2.45) is 0 Å². The van der Waals surface area contributed by atoms with Crippen LogP contribution in [0.5, 0.6) is 0 Å². The standard InChI is InChI=1S/C23H29N3OS/c1-6-25(7-2)12-13-26(22(27)19-10-8-16(3)9-11-19)23-24-21-18(5)14-17(4)15-20(21)28-23/h8-11,14-15H,6-7,12-13H2,1-5H3. The third-order valence-corrected chi connectivity index (χ3v) is 6.15. The van der Waals surface area contributed by atoms with Gasteiger partial charge in [-0.25, -0.2) is 4.98 Å². The molecule has 0 unspecified atom stereocenters. The van der Waals surface area contributed by atoms with Crippen LogP contribution in [0.15, 0.2) is 36.4 Å². The van der Waals surface area contributed by atoms with Crippen molar-refractivity contribution < 1.29 is 4.79 Å². The maximum Gasteiger partial charge on any atom is 0.260 e. The van der Waals surface area contributed by atoms with Gasteiger partial charge in [-0.2, -0.15) is 0 Å². The summed E-state index contributed by atoms with van der Waals surface area (Å²) in [6, 6.07) is 12.1. The topological polar surface area (TPSA) is 36.4 Å². The van der Waals surface area contributed by atoms with Gasteiger partial charge in [0.2, 0.25) is 0 Å². The molecule has 0 spiro atoms. The van der Waals surface area contributed by atoms with Crippen LogP contribution < -0.4 is 4.90 Å². The fourth-order valence-electron chi connectivity index (χ4n) is 3.39. The fraction of sp³-hybridized carbons (Fsp3) is 0.391. The lowest BCUT2D eigenvalue weighted by atomic mass is 10.1. The van der Waals surface area contributed by atoms with Crippen LogP contribution in [0.2, 0.25) is 0 Å². The van der Waals surface area contributed by atoms with E-state index in [-0.39, 0.29) is 5.91 Å². The lowest BCUT2D eigenvalue weighted by Gasteiger charge is -2.24. The molecule has 5 heteroatoms. The molecular formula is C23H29N3OS. The van der Waals surface area contributed by atoms with E-state index < -0.39 is 0 Å². The van der Waals surface area contributed by atoms with Crippen molar-refractivity contribution in [3.8, 4) is 0 Å².